The lowest BCUT2D eigenvalue weighted by atomic mass is 9.97. The standard InChI is InChI=1S/C28H33N5O/c1-4-19-6-5-7-21-13-25(33(26(19)21)16-18-8-9-18)27-30-23-14-22-20(12-24(23)31(27)3)10-11-32(28(22)34)15-17(2)29/h5-7,12-14,17-18H,4,8-11,15-16,29H2,1-3H3/t17-/m1/s1. The summed E-state index contributed by atoms with van der Waals surface area (Å²) in [5.41, 5.74) is 13.7. The molecule has 3 heterocycles. The van der Waals surface area contributed by atoms with Crippen molar-refractivity contribution in [3.63, 3.8) is 0 Å². The van der Waals surface area contributed by atoms with Crippen molar-refractivity contribution < 1.29 is 4.79 Å². The number of carbonyl (C=O) groups excluding carboxylic acids is 1. The zero-order valence-corrected chi connectivity index (χ0v) is 20.3. The number of benzene rings is 2. The molecule has 1 atom stereocenters. The highest BCUT2D eigenvalue weighted by atomic mass is 16.2. The van der Waals surface area contributed by atoms with Crippen molar-refractivity contribution >= 4 is 27.8 Å². The molecule has 6 heteroatoms. The SMILES string of the molecule is CCc1cccc2cc(-c3nc4cc5c(cc4n3C)CCN(C[C@@H](C)N)C5=O)n(CC3CC3)c12. The van der Waals surface area contributed by atoms with Crippen LogP contribution in [-0.2, 0) is 26.4 Å². The van der Waals surface area contributed by atoms with Crippen LogP contribution in [0, 0.1) is 5.92 Å². The van der Waals surface area contributed by atoms with E-state index < -0.39 is 0 Å². The van der Waals surface area contributed by atoms with E-state index >= 15 is 0 Å². The fourth-order valence-corrected chi connectivity index (χ4v) is 5.59. The van der Waals surface area contributed by atoms with Crippen LogP contribution in [0.4, 0.5) is 0 Å². The van der Waals surface area contributed by atoms with Gasteiger partial charge in [-0.05, 0) is 67.9 Å². The number of nitrogens with zero attached hydrogens (tertiary/aromatic N) is 4. The third-order valence-electron chi connectivity index (χ3n) is 7.53. The molecule has 0 radical (unpaired) electrons. The summed E-state index contributed by atoms with van der Waals surface area (Å²) < 4.78 is 4.71. The van der Waals surface area contributed by atoms with Gasteiger partial charge in [-0.1, -0.05) is 25.1 Å². The molecule has 6 rings (SSSR count). The number of nitrogens with two attached hydrogens (primary N) is 1. The Bertz CT molecular complexity index is 1420. The van der Waals surface area contributed by atoms with Crippen molar-refractivity contribution in [3.8, 4) is 11.5 Å². The number of hydrogen-bond donors (Lipinski definition) is 1. The van der Waals surface area contributed by atoms with Crippen LogP contribution in [0.1, 0.15) is 48.2 Å². The number of aromatic nitrogens is 3. The minimum Gasteiger partial charge on any atom is -0.337 e. The van der Waals surface area contributed by atoms with E-state index in [4.69, 9.17) is 10.7 Å². The average molecular weight is 456 g/mol. The van der Waals surface area contributed by atoms with E-state index in [1.54, 1.807) is 0 Å². The van der Waals surface area contributed by atoms with Gasteiger partial charge in [0, 0.05) is 43.7 Å². The first-order valence-corrected chi connectivity index (χ1v) is 12.6. The molecule has 0 saturated heterocycles. The van der Waals surface area contributed by atoms with Gasteiger partial charge in [-0.15, -0.1) is 0 Å². The van der Waals surface area contributed by atoms with Crippen LogP contribution in [0.15, 0.2) is 36.4 Å². The number of amides is 1. The normalized spacial score (nSPS) is 17.1. The lowest BCUT2D eigenvalue weighted by Crippen LogP contribution is -2.43. The molecule has 2 N–H and O–H groups in total. The molecule has 2 aliphatic rings. The molecule has 176 valence electrons. The van der Waals surface area contributed by atoms with Crippen molar-refractivity contribution in [1.82, 2.24) is 19.0 Å². The first-order valence-electron chi connectivity index (χ1n) is 12.6. The van der Waals surface area contributed by atoms with Crippen molar-refractivity contribution in [3.05, 3.63) is 53.1 Å². The molecule has 0 spiro atoms. The summed E-state index contributed by atoms with van der Waals surface area (Å²) in [5, 5.41) is 1.28. The third kappa shape index (κ3) is 3.43. The van der Waals surface area contributed by atoms with E-state index in [0.29, 0.717) is 6.54 Å². The van der Waals surface area contributed by atoms with Gasteiger partial charge in [0.1, 0.15) is 0 Å². The molecule has 2 aromatic heterocycles. The molecule has 4 aromatic rings. The zero-order chi connectivity index (χ0) is 23.6. The quantitative estimate of drug-likeness (QED) is 0.465. The van der Waals surface area contributed by atoms with Crippen LogP contribution < -0.4 is 5.73 Å². The Hall–Kier alpha value is -3.12. The van der Waals surface area contributed by atoms with Gasteiger partial charge < -0.3 is 19.8 Å². The number of aryl methyl sites for hydroxylation is 2. The molecule has 1 fully saturated rings. The second kappa shape index (κ2) is 7.98. The van der Waals surface area contributed by atoms with E-state index in [1.807, 2.05) is 17.9 Å². The van der Waals surface area contributed by atoms with E-state index in [0.717, 1.165) is 59.8 Å². The van der Waals surface area contributed by atoms with Gasteiger partial charge in [0.25, 0.3) is 5.91 Å². The van der Waals surface area contributed by atoms with Gasteiger partial charge in [-0.2, -0.15) is 0 Å². The predicted octanol–water partition coefficient (Wildman–Crippen LogP) is 4.51. The fraction of sp³-hybridized carbons (Fsp3) is 0.429. The van der Waals surface area contributed by atoms with Crippen molar-refractivity contribution in [2.45, 2.75) is 52.1 Å². The minimum absolute atomic E-state index is 0.0305. The molecular weight excluding hydrogens is 422 g/mol. The summed E-state index contributed by atoms with van der Waals surface area (Å²) in [7, 11) is 2.10. The maximum Gasteiger partial charge on any atom is 0.254 e. The third-order valence-corrected chi connectivity index (χ3v) is 7.53. The second-order valence-electron chi connectivity index (χ2n) is 10.3. The number of fused-ring (bicyclic) bond motifs is 3. The molecule has 2 aromatic carbocycles. The molecule has 0 bridgehead atoms. The molecule has 1 aliphatic carbocycles. The van der Waals surface area contributed by atoms with Crippen LogP contribution in [0.25, 0.3) is 33.5 Å². The summed E-state index contributed by atoms with van der Waals surface area (Å²) in [6, 6.07) is 13.1. The van der Waals surface area contributed by atoms with Gasteiger partial charge in [-0.25, -0.2) is 4.98 Å². The topological polar surface area (TPSA) is 69.1 Å². The smallest absolute Gasteiger partial charge is 0.254 e. The number of carbonyl (C=O) groups is 1. The summed E-state index contributed by atoms with van der Waals surface area (Å²) in [6.45, 7) is 6.53. The molecule has 1 aliphatic heterocycles. The summed E-state index contributed by atoms with van der Waals surface area (Å²) >= 11 is 0. The minimum atomic E-state index is -0.0305. The van der Waals surface area contributed by atoms with Crippen LogP contribution >= 0.6 is 0 Å². The Labute approximate surface area is 200 Å². The number of hydrogen-bond acceptors (Lipinski definition) is 3. The second-order valence-corrected chi connectivity index (χ2v) is 10.3. The van der Waals surface area contributed by atoms with E-state index in [9.17, 15) is 4.79 Å². The highest BCUT2D eigenvalue weighted by Crippen LogP contribution is 2.38. The Morgan fingerprint density at radius 3 is 2.76 bits per heavy atom. The van der Waals surface area contributed by atoms with Gasteiger partial charge in [0.05, 0.1) is 22.2 Å². The summed E-state index contributed by atoms with van der Waals surface area (Å²) in [5.74, 6) is 1.80. The monoisotopic (exact) mass is 455 g/mol. The van der Waals surface area contributed by atoms with Crippen molar-refractivity contribution in [2.75, 3.05) is 13.1 Å². The number of rotatable bonds is 6. The van der Waals surface area contributed by atoms with Crippen LogP contribution in [-0.4, -0.2) is 44.1 Å². The average Bonchev–Trinajstić information content (AvgIpc) is 3.49. The predicted molar refractivity (Wildman–Crippen MR) is 137 cm³/mol. The first kappa shape index (κ1) is 21.4. The van der Waals surface area contributed by atoms with E-state index in [2.05, 4.69) is 53.4 Å². The molecule has 6 nitrogen and oxygen atoms in total. The van der Waals surface area contributed by atoms with Crippen LogP contribution in [0.3, 0.4) is 0 Å². The van der Waals surface area contributed by atoms with Crippen LogP contribution in [0.5, 0.6) is 0 Å². The van der Waals surface area contributed by atoms with Gasteiger partial charge in [0.15, 0.2) is 5.82 Å². The Morgan fingerprint density at radius 1 is 1.21 bits per heavy atom. The Morgan fingerprint density at radius 2 is 2.03 bits per heavy atom. The number of para-hydroxylation sites is 1. The highest BCUT2D eigenvalue weighted by Gasteiger charge is 2.28. The molecule has 0 unspecified atom stereocenters. The lowest BCUT2D eigenvalue weighted by molar-refractivity contribution is 0.0732. The van der Waals surface area contributed by atoms with E-state index in [-0.39, 0.29) is 11.9 Å². The molecule has 34 heavy (non-hydrogen) atoms. The Kier molecular flexibility index (Phi) is 5.03. The maximum absolute atomic E-state index is 13.2. The van der Waals surface area contributed by atoms with E-state index in [1.165, 1.54) is 35.0 Å². The van der Waals surface area contributed by atoms with Crippen molar-refractivity contribution in [1.29, 1.82) is 0 Å². The van der Waals surface area contributed by atoms with Crippen molar-refractivity contribution in [2.24, 2.45) is 18.7 Å². The largest absolute Gasteiger partial charge is 0.337 e. The summed E-state index contributed by atoms with van der Waals surface area (Å²) in [4.78, 5) is 20.1. The maximum atomic E-state index is 13.2. The Balaban J connectivity index is 1.50. The lowest BCUT2D eigenvalue weighted by Gasteiger charge is -2.29. The van der Waals surface area contributed by atoms with Crippen LogP contribution in [0.2, 0.25) is 0 Å². The van der Waals surface area contributed by atoms with Gasteiger partial charge in [0.2, 0.25) is 0 Å². The van der Waals surface area contributed by atoms with Gasteiger partial charge >= 0.3 is 0 Å². The highest BCUT2D eigenvalue weighted by molar-refractivity contribution is 6.00. The number of imidazole rings is 1. The summed E-state index contributed by atoms with van der Waals surface area (Å²) in [6.07, 6.45) is 4.48. The molecule has 1 amide bonds. The zero-order valence-electron chi connectivity index (χ0n) is 20.3. The van der Waals surface area contributed by atoms with Gasteiger partial charge in [-0.3, -0.25) is 4.79 Å². The fourth-order valence-electron chi connectivity index (χ4n) is 5.59. The molecule has 1 saturated carbocycles. The molecular formula is C28H33N5O. The first-order chi connectivity index (χ1) is 16.4.